The van der Waals surface area contributed by atoms with Crippen molar-refractivity contribution in [2.75, 3.05) is 13.7 Å². The fourth-order valence-corrected chi connectivity index (χ4v) is 3.49. The number of nitrogens with one attached hydrogen (secondary N) is 1. The van der Waals surface area contributed by atoms with Crippen molar-refractivity contribution in [1.82, 2.24) is 5.32 Å². The van der Waals surface area contributed by atoms with Crippen molar-refractivity contribution in [3.63, 3.8) is 0 Å². The minimum absolute atomic E-state index is 0.215. The Morgan fingerprint density at radius 3 is 2.67 bits per heavy atom. The first-order valence-electron chi connectivity index (χ1n) is 8.05. The van der Waals surface area contributed by atoms with Gasteiger partial charge in [-0.25, -0.2) is 4.99 Å². The summed E-state index contributed by atoms with van der Waals surface area (Å²) in [6.07, 6.45) is 1.78. The molecule has 5 nitrogen and oxygen atoms in total. The molecule has 1 aliphatic rings. The second kappa shape index (κ2) is 8.69. The summed E-state index contributed by atoms with van der Waals surface area (Å²) in [7, 11) is 1.59. The summed E-state index contributed by atoms with van der Waals surface area (Å²) in [6, 6.07) is 10.5. The van der Waals surface area contributed by atoms with Crippen molar-refractivity contribution in [3.05, 3.63) is 56.9 Å². The number of halogens is 2. The molecule has 1 N–H and O–H groups in total. The van der Waals surface area contributed by atoms with Crippen molar-refractivity contribution in [2.45, 2.75) is 6.92 Å². The molecule has 0 aliphatic carbocycles. The lowest BCUT2D eigenvalue weighted by Gasteiger charge is -2.09. The van der Waals surface area contributed by atoms with Crippen molar-refractivity contribution < 1.29 is 14.3 Å². The van der Waals surface area contributed by atoms with E-state index in [9.17, 15) is 4.79 Å². The molecule has 2 aromatic rings. The van der Waals surface area contributed by atoms with E-state index in [0.717, 1.165) is 5.56 Å². The van der Waals surface area contributed by atoms with E-state index < -0.39 is 0 Å². The van der Waals surface area contributed by atoms with Crippen LogP contribution < -0.4 is 14.8 Å². The molecule has 3 rings (SSSR count). The molecule has 0 aromatic heterocycles. The quantitative estimate of drug-likeness (QED) is 0.664. The number of nitrogens with zero attached hydrogens (tertiary/aromatic N) is 1. The maximum Gasteiger partial charge on any atom is 0.264 e. The Labute approximate surface area is 171 Å². The third kappa shape index (κ3) is 4.77. The van der Waals surface area contributed by atoms with Crippen molar-refractivity contribution in [2.24, 2.45) is 4.99 Å². The molecule has 1 saturated heterocycles. The first-order valence-corrected chi connectivity index (χ1v) is 9.63. The molecule has 0 spiro atoms. The van der Waals surface area contributed by atoms with Gasteiger partial charge in [0.15, 0.2) is 16.7 Å². The number of amidine groups is 1. The van der Waals surface area contributed by atoms with Gasteiger partial charge in [-0.15, -0.1) is 0 Å². The fraction of sp³-hybridized carbons (Fsp3) is 0.158. The van der Waals surface area contributed by atoms with E-state index in [1.165, 1.54) is 11.8 Å². The summed E-state index contributed by atoms with van der Waals surface area (Å²) >= 11 is 13.2. The van der Waals surface area contributed by atoms with Crippen LogP contribution in [0, 0.1) is 0 Å². The highest BCUT2D eigenvalue weighted by Gasteiger charge is 2.24. The van der Waals surface area contributed by atoms with Crippen LogP contribution in [-0.4, -0.2) is 24.8 Å². The van der Waals surface area contributed by atoms with E-state index in [0.29, 0.717) is 43.9 Å². The summed E-state index contributed by atoms with van der Waals surface area (Å²) in [5.41, 5.74) is 1.43. The van der Waals surface area contributed by atoms with Crippen LogP contribution in [0.1, 0.15) is 12.5 Å². The third-order valence-corrected chi connectivity index (χ3v) is 5.22. The van der Waals surface area contributed by atoms with Crippen LogP contribution in [0.25, 0.3) is 6.08 Å². The molecule has 0 unspecified atom stereocenters. The molecule has 0 atom stereocenters. The molecular formula is C19H16Cl2N2O3S. The fourth-order valence-electron chi connectivity index (χ4n) is 2.36. The predicted molar refractivity (Wildman–Crippen MR) is 111 cm³/mol. The first kappa shape index (κ1) is 19.6. The number of methoxy groups -OCH3 is 1. The number of thioether (sulfide) groups is 1. The zero-order valence-corrected chi connectivity index (χ0v) is 16.9. The smallest absolute Gasteiger partial charge is 0.264 e. The number of ether oxygens (including phenoxy) is 2. The van der Waals surface area contributed by atoms with Gasteiger partial charge in [-0.1, -0.05) is 29.3 Å². The third-order valence-electron chi connectivity index (χ3n) is 3.57. The second-order valence-electron chi connectivity index (χ2n) is 5.42. The zero-order chi connectivity index (χ0) is 19.4. The number of carbonyl (C=O) groups excluding carboxylic acids is 1. The maximum absolute atomic E-state index is 12.2. The Bertz CT molecular complexity index is 945. The zero-order valence-electron chi connectivity index (χ0n) is 14.6. The number of benzene rings is 2. The summed E-state index contributed by atoms with van der Waals surface area (Å²) in [5, 5.41) is 4.08. The standard InChI is InChI=1S/C19H16Cl2N2O3S/c1-3-26-16-8-11(4-7-15(16)25-2)9-17-18(24)23-19(27-17)22-12-5-6-13(20)14(21)10-12/h4-10H,3H2,1-2H3,(H,22,23,24)/b17-9+. The number of hydrogen-bond donors (Lipinski definition) is 1. The second-order valence-corrected chi connectivity index (χ2v) is 7.27. The van der Waals surface area contributed by atoms with Crippen LogP contribution in [0.2, 0.25) is 10.0 Å². The first-order chi connectivity index (χ1) is 13.0. The van der Waals surface area contributed by atoms with Gasteiger partial charge in [-0.2, -0.15) is 0 Å². The molecule has 1 fully saturated rings. The highest BCUT2D eigenvalue weighted by atomic mass is 35.5. The van der Waals surface area contributed by atoms with Crippen LogP contribution in [-0.2, 0) is 4.79 Å². The van der Waals surface area contributed by atoms with Gasteiger partial charge in [0.05, 0.1) is 34.4 Å². The largest absolute Gasteiger partial charge is 0.493 e. The van der Waals surface area contributed by atoms with Gasteiger partial charge < -0.3 is 14.8 Å². The summed E-state index contributed by atoms with van der Waals surface area (Å²) in [4.78, 5) is 17.2. The lowest BCUT2D eigenvalue weighted by Crippen LogP contribution is -2.19. The molecule has 1 aliphatic heterocycles. The molecule has 27 heavy (non-hydrogen) atoms. The molecule has 0 saturated carbocycles. The van der Waals surface area contributed by atoms with Crippen LogP contribution in [0.4, 0.5) is 5.69 Å². The topological polar surface area (TPSA) is 59.9 Å². The molecule has 140 valence electrons. The Hall–Kier alpha value is -2.15. The molecule has 0 bridgehead atoms. The van der Waals surface area contributed by atoms with Crippen molar-refractivity contribution >= 4 is 57.8 Å². The number of rotatable bonds is 5. The minimum atomic E-state index is -0.215. The number of carbonyl (C=O) groups is 1. The number of hydrogen-bond acceptors (Lipinski definition) is 5. The van der Waals surface area contributed by atoms with Crippen LogP contribution in [0.5, 0.6) is 11.5 Å². The van der Waals surface area contributed by atoms with Crippen molar-refractivity contribution in [3.8, 4) is 11.5 Å². The highest BCUT2D eigenvalue weighted by molar-refractivity contribution is 8.18. The number of aliphatic imine (C=N–C) groups is 1. The average Bonchev–Trinajstić information content (AvgIpc) is 2.98. The normalized spacial score (nSPS) is 16.7. The Morgan fingerprint density at radius 1 is 1.15 bits per heavy atom. The monoisotopic (exact) mass is 422 g/mol. The van der Waals surface area contributed by atoms with Gasteiger partial charge in [0, 0.05) is 0 Å². The van der Waals surface area contributed by atoms with E-state index >= 15 is 0 Å². The van der Waals surface area contributed by atoms with Gasteiger partial charge in [-0.05, 0) is 60.7 Å². The van der Waals surface area contributed by atoms with E-state index in [-0.39, 0.29) is 5.91 Å². The van der Waals surface area contributed by atoms with Gasteiger partial charge >= 0.3 is 0 Å². The van der Waals surface area contributed by atoms with Gasteiger partial charge in [-0.3, -0.25) is 4.79 Å². The summed E-state index contributed by atoms with van der Waals surface area (Å²) < 4.78 is 10.8. The SMILES string of the molecule is CCOc1cc(/C=C2/SC(=Nc3ccc(Cl)c(Cl)c3)NC2=O)ccc1OC. The minimum Gasteiger partial charge on any atom is -0.493 e. The molecule has 2 aromatic carbocycles. The average molecular weight is 423 g/mol. The van der Waals surface area contributed by atoms with E-state index in [4.69, 9.17) is 32.7 Å². The van der Waals surface area contributed by atoms with Gasteiger partial charge in [0.25, 0.3) is 5.91 Å². The Kier molecular flexibility index (Phi) is 6.31. The predicted octanol–water partition coefficient (Wildman–Crippen LogP) is 5.29. The van der Waals surface area contributed by atoms with Crippen LogP contribution >= 0.6 is 35.0 Å². The summed E-state index contributed by atoms with van der Waals surface area (Å²) in [6.45, 7) is 2.42. The summed E-state index contributed by atoms with van der Waals surface area (Å²) in [5.74, 6) is 1.06. The maximum atomic E-state index is 12.2. The van der Waals surface area contributed by atoms with Crippen LogP contribution in [0.3, 0.4) is 0 Å². The van der Waals surface area contributed by atoms with Crippen LogP contribution in [0.15, 0.2) is 46.3 Å². The molecule has 1 amide bonds. The highest BCUT2D eigenvalue weighted by Crippen LogP contribution is 2.33. The van der Waals surface area contributed by atoms with E-state index in [1.807, 2.05) is 19.1 Å². The molecule has 1 heterocycles. The lowest BCUT2D eigenvalue weighted by atomic mass is 10.2. The van der Waals surface area contributed by atoms with Gasteiger partial charge in [0.2, 0.25) is 0 Å². The van der Waals surface area contributed by atoms with Gasteiger partial charge in [0.1, 0.15) is 0 Å². The molecule has 0 radical (unpaired) electrons. The van der Waals surface area contributed by atoms with E-state index in [2.05, 4.69) is 10.3 Å². The molecular weight excluding hydrogens is 407 g/mol. The molecule has 8 heteroatoms. The number of amides is 1. The Balaban J connectivity index is 1.83. The Morgan fingerprint density at radius 2 is 1.96 bits per heavy atom. The van der Waals surface area contributed by atoms with Crippen molar-refractivity contribution in [1.29, 1.82) is 0 Å². The lowest BCUT2D eigenvalue weighted by molar-refractivity contribution is -0.115. The van der Waals surface area contributed by atoms with E-state index in [1.54, 1.807) is 37.5 Å².